The summed E-state index contributed by atoms with van der Waals surface area (Å²) >= 11 is 0. The van der Waals surface area contributed by atoms with Gasteiger partial charge in [-0.3, -0.25) is 9.59 Å². The zero-order chi connectivity index (χ0) is 27.6. The van der Waals surface area contributed by atoms with Gasteiger partial charge in [-0.1, -0.05) is 72.8 Å². The van der Waals surface area contributed by atoms with Gasteiger partial charge in [-0.05, 0) is 53.6 Å². The molecule has 7 heteroatoms. The standard InChI is InChI=1S/C33H19F3N2O2/c34-33(35,36)22-16-17-25-24-12-4-5-14-27(24)38(29(25)19-22)28-15-7-13-26-30(28)32(40)37(31(26)39)23-11-6-10-21(18-23)20-8-2-1-3-9-20/h1-19H. The molecule has 1 aromatic heterocycles. The number of imide groups is 1. The minimum absolute atomic E-state index is 0.151. The molecular weight excluding hydrogens is 513 g/mol. The Hall–Kier alpha value is -5.17. The van der Waals surface area contributed by atoms with Gasteiger partial charge in [-0.25, -0.2) is 4.90 Å². The lowest BCUT2D eigenvalue weighted by Gasteiger charge is -2.16. The molecule has 0 spiro atoms. The number of hydrogen-bond donors (Lipinski definition) is 0. The van der Waals surface area contributed by atoms with Crippen LogP contribution in [-0.2, 0) is 6.18 Å². The van der Waals surface area contributed by atoms with Crippen LogP contribution >= 0.6 is 0 Å². The lowest BCUT2D eigenvalue weighted by Crippen LogP contribution is -2.29. The third-order valence-electron chi connectivity index (χ3n) is 7.35. The average molecular weight is 533 g/mol. The summed E-state index contributed by atoms with van der Waals surface area (Å²) < 4.78 is 42.8. The van der Waals surface area contributed by atoms with E-state index in [-0.39, 0.29) is 11.1 Å². The summed E-state index contributed by atoms with van der Waals surface area (Å²) in [5, 5.41) is 1.36. The lowest BCUT2D eigenvalue weighted by atomic mass is 10.0. The van der Waals surface area contributed by atoms with E-state index in [9.17, 15) is 22.8 Å². The van der Waals surface area contributed by atoms with Crippen LogP contribution in [0.2, 0.25) is 0 Å². The smallest absolute Gasteiger partial charge is 0.308 e. The van der Waals surface area contributed by atoms with E-state index in [1.807, 2.05) is 48.5 Å². The van der Waals surface area contributed by atoms with E-state index in [4.69, 9.17) is 0 Å². The summed E-state index contributed by atoms with van der Waals surface area (Å²) in [6.45, 7) is 0. The van der Waals surface area contributed by atoms with E-state index in [0.29, 0.717) is 27.8 Å². The number of hydrogen-bond acceptors (Lipinski definition) is 2. The average Bonchev–Trinajstić information content (AvgIpc) is 3.44. The van der Waals surface area contributed by atoms with Gasteiger partial charge < -0.3 is 4.57 Å². The number of anilines is 1. The summed E-state index contributed by atoms with van der Waals surface area (Å²) in [4.78, 5) is 28.8. The molecule has 0 radical (unpaired) electrons. The first-order valence-corrected chi connectivity index (χ1v) is 12.6. The molecule has 2 heterocycles. The molecule has 2 amide bonds. The van der Waals surface area contributed by atoms with E-state index < -0.39 is 23.6 Å². The number of carbonyl (C=O) groups excluding carboxylic acids is 2. The van der Waals surface area contributed by atoms with Gasteiger partial charge in [0.2, 0.25) is 0 Å². The van der Waals surface area contributed by atoms with E-state index in [2.05, 4.69) is 0 Å². The number of para-hydroxylation sites is 1. The molecule has 0 saturated carbocycles. The van der Waals surface area contributed by atoms with Gasteiger partial charge in [-0.2, -0.15) is 13.2 Å². The number of aromatic nitrogens is 1. The second-order valence-corrected chi connectivity index (χ2v) is 9.64. The molecule has 0 fully saturated rings. The molecule has 0 bridgehead atoms. The van der Waals surface area contributed by atoms with Crippen molar-refractivity contribution in [3.63, 3.8) is 0 Å². The van der Waals surface area contributed by atoms with Crippen LogP contribution in [0, 0.1) is 0 Å². The van der Waals surface area contributed by atoms with Crippen molar-refractivity contribution in [2.24, 2.45) is 0 Å². The normalized spacial score (nSPS) is 13.4. The number of nitrogens with zero attached hydrogens (tertiary/aromatic N) is 2. The molecule has 4 nitrogen and oxygen atoms in total. The first-order chi connectivity index (χ1) is 19.3. The zero-order valence-electron chi connectivity index (χ0n) is 20.8. The van der Waals surface area contributed by atoms with Crippen LogP contribution in [0.15, 0.2) is 115 Å². The van der Waals surface area contributed by atoms with Crippen molar-refractivity contribution >= 4 is 39.3 Å². The van der Waals surface area contributed by atoms with Crippen molar-refractivity contribution in [2.45, 2.75) is 6.18 Å². The van der Waals surface area contributed by atoms with Crippen LogP contribution in [0.5, 0.6) is 0 Å². The van der Waals surface area contributed by atoms with E-state index in [1.165, 1.54) is 6.07 Å². The SMILES string of the molecule is O=C1c2cccc(-n3c4ccccc4c4ccc(C(F)(F)F)cc43)c2C(=O)N1c1cccc(-c2ccccc2)c1. The fourth-order valence-electron chi connectivity index (χ4n) is 5.55. The molecule has 194 valence electrons. The summed E-state index contributed by atoms with van der Waals surface area (Å²) in [5.74, 6) is -1.01. The van der Waals surface area contributed by atoms with Gasteiger partial charge in [0.1, 0.15) is 0 Å². The van der Waals surface area contributed by atoms with E-state index in [1.54, 1.807) is 53.1 Å². The van der Waals surface area contributed by atoms with Crippen molar-refractivity contribution in [3.8, 4) is 16.8 Å². The van der Waals surface area contributed by atoms with Crippen LogP contribution in [0.3, 0.4) is 0 Å². The topological polar surface area (TPSA) is 42.3 Å². The third kappa shape index (κ3) is 3.55. The van der Waals surface area contributed by atoms with Crippen molar-refractivity contribution in [1.82, 2.24) is 4.57 Å². The third-order valence-corrected chi connectivity index (χ3v) is 7.35. The van der Waals surface area contributed by atoms with Gasteiger partial charge in [-0.15, -0.1) is 0 Å². The highest BCUT2D eigenvalue weighted by Crippen LogP contribution is 2.40. The Balaban J connectivity index is 1.43. The second kappa shape index (κ2) is 8.68. The maximum absolute atomic E-state index is 14.0. The maximum atomic E-state index is 14.0. The van der Waals surface area contributed by atoms with Crippen LogP contribution in [0.1, 0.15) is 26.3 Å². The number of alkyl halides is 3. The molecule has 1 aliphatic rings. The second-order valence-electron chi connectivity index (χ2n) is 9.64. The summed E-state index contributed by atoms with van der Waals surface area (Å²) in [5.41, 5.74) is 3.04. The molecule has 0 unspecified atom stereocenters. The highest BCUT2D eigenvalue weighted by molar-refractivity contribution is 6.35. The summed E-state index contributed by atoms with van der Waals surface area (Å²) in [6.07, 6.45) is -4.54. The number of benzene rings is 5. The fraction of sp³-hybridized carbons (Fsp3) is 0.0303. The molecule has 0 aliphatic carbocycles. The molecule has 6 aromatic rings. The van der Waals surface area contributed by atoms with Crippen molar-refractivity contribution < 1.29 is 22.8 Å². The number of amides is 2. The van der Waals surface area contributed by atoms with Gasteiger partial charge in [0.05, 0.1) is 39.1 Å². The molecule has 40 heavy (non-hydrogen) atoms. The molecule has 0 N–H and O–H groups in total. The van der Waals surface area contributed by atoms with E-state index in [0.717, 1.165) is 33.5 Å². The molecule has 7 rings (SSSR count). The maximum Gasteiger partial charge on any atom is 0.416 e. The zero-order valence-corrected chi connectivity index (χ0v) is 20.8. The largest absolute Gasteiger partial charge is 0.416 e. The monoisotopic (exact) mass is 532 g/mol. The Bertz CT molecular complexity index is 1990. The van der Waals surface area contributed by atoms with Crippen LogP contribution < -0.4 is 4.90 Å². The van der Waals surface area contributed by atoms with Crippen LogP contribution in [0.25, 0.3) is 38.6 Å². The summed E-state index contributed by atoms with van der Waals surface area (Å²) in [6, 6.07) is 32.5. The molecular formula is C33H19F3N2O2. The number of carbonyl (C=O) groups is 2. The van der Waals surface area contributed by atoms with Crippen LogP contribution in [-0.4, -0.2) is 16.4 Å². The van der Waals surface area contributed by atoms with Crippen LogP contribution in [0.4, 0.5) is 18.9 Å². The highest BCUT2D eigenvalue weighted by atomic mass is 19.4. The van der Waals surface area contributed by atoms with Gasteiger partial charge in [0.15, 0.2) is 0 Å². The van der Waals surface area contributed by atoms with Gasteiger partial charge in [0.25, 0.3) is 11.8 Å². The van der Waals surface area contributed by atoms with Crippen molar-refractivity contribution in [3.05, 3.63) is 132 Å². The molecule has 0 atom stereocenters. The minimum atomic E-state index is -4.54. The Morgan fingerprint density at radius 1 is 0.575 bits per heavy atom. The Morgan fingerprint density at radius 2 is 1.27 bits per heavy atom. The number of fused-ring (bicyclic) bond motifs is 4. The molecule has 5 aromatic carbocycles. The van der Waals surface area contributed by atoms with Gasteiger partial charge >= 0.3 is 6.18 Å². The lowest BCUT2D eigenvalue weighted by molar-refractivity contribution is -0.137. The summed E-state index contributed by atoms with van der Waals surface area (Å²) in [7, 11) is 0. The van der Waals surface area contributed by atoms with E-state index >= 15 is 0 Å². The Kier molecular flexibility index (Phi) is 5.19. The van der Waals surface area contributed by atoms with Crippen molar-refractivity contribution in [2.75, 3.05) is 4.90 Å². The predicted molar refractivity (Wildman–Crippen MR) is 149 cm³/mol. The van der Waals surface area contributed by atoms with Gasteiger partial charge in [0, 0.05) is 10.8 Å². The van der Waals surface area contributed by atoms with Crippen molar-refractivity contribution in [1.29, 1.82) is 0 Å². The Labute approximate surface area is 226 Å². The Morgan fingerprint density at radius 3 is 2.08 bits per heavy atom. The molecule has 1 aliphatic heterocycles. The predicted octanol–water partition coefficient (Wildman–Crippen LogP) is 8.27. The molecule has 0 saturated heterocycles. The quantitative estimate of drug-likeness (QED) is 0.215. The number of halogens is 3. The highest BCUT2D eigenvalue weighted by Gasteiger charge is 2.39. The fourth-order valence-corrected chi connectivity index (χ4v) is 5.55. The minimum Gasteiger partial charge on any atom is -0.308 e. The first kappa shape index (κ1) is 23.9. The first-order valence-electron chi connectivity index (χ1n) is 12.6. The number of rotatable bonds is 3.